The molecule has 2 aliphatic heterocycles. The number of ether oxygens (including phenoxy) is 3. The Balaban J connectivity index is 0.00000469. The van der Waals surface area contributed by atoms with Gasteiger partial charge in [-0.15, -0.1) is 0 Å². The van der Waals surface area contributed by atoms with Gasteiger partial charge in [0.15, 0.2) is 0 Å². The van der Waals surface area contributed by atoms with Crippen molar-refractivity contribution in [2.75, 3.05) is 0 Å². The van der Waals surface area contributed by atoms with Crippen LogP contribution in [-0.2, 0) is 19.5 Å². The molecule has 0 atom stereocenters. The van der Waals surface area contributed by atoms with E-state index in [9.17, 15) is 0 Å². The number of aryl methyl sites for hydroxylation is 3. The van der Waals surface area contributed by atoms with Gasteiger partial charge in [-0.3, -0.25) is 0 Å². The molecule has 0 unspecified atom stereocenters. The third kappa shape index (κ3) is 7.43. The molecule has 0 saturated heterocycles. The molecule has 7 aromatic carbocycles. The molecule has 12 heteroatoms. The average Bonchev–Trinajstić information content (AvgIpc) is 4.02. The van der Waals surface area contributed by atoms with Crippen LogP contribution in [-0.4, -0.2) is 29.9 Å². The van der Waals surface area contributed by atoms with Crippen LogP contribution < -0.4 is 24.2 Å². The third-order valence-corrected chi connectivity index (χ3v) is 11.2. The van der Waals surface area contributed by atoms with Gasteiger partial charge >= 0.3 is 19.5 Å². The number of benzene rings is 7. The predicted molar refractivity (Wildman–Crippen MR) is 248 cm³/mol. The van der Waals surface area contributed by atoms with Crippen molar-refractivity contribution in [3.05, 3.63) is 168 Å². The molecule has 0 spiro atoms. The maximum absolute atomic E-state index is 6.39. The zero-order valence-electron chi connectivity index (χ0n) is 35.4. The van der Waals surface area contributed by atoms with E-state index in [1.165, 1.54) is 0 Å². The van der Waals surface area contributed by atoms with Gasteiger partial charge in [0, 0.05) is 44.8 Å². The Morgan fingerprint density at radius 2 is 0.662 bits per heavy atom. The molecular formula is C53H34N8O3Zn. The van der Waals surface area contributed by atoms with Crippen LogP contribution in [0.25, 0.3) is 89.7 Å². The Hall–Kier alpha value is -8.08. The van der Waals surface area contributed by atoms with E-state index in [4.69, 9.17) is 54.1 Å². The number of rotatable bonds is 6. The first-order valence-corrected chi connectivity index (χ1v) is 20.8. The van der Waals surface area contributed by atoms with Gasteiger partial charge in [-0.05, 0) is 150 Å². The Kier molecular flexibility index (Phi) is 9.74. The van der Waals surface area contributed by atoms with Gasteiger partial charge in [-0.1, -0.05) is 60.7 Å². The molecule has 0 amide bonds. The molecule has 3 aromatic heterocycles. The van der Waals surface area contributed by atoms with Crippen molar-refractivity contribution in [3.63, 3.8) is 0 Å². The Morgan fingerprint density at radius 3 is 1.09 bits per heavy atom. The van der Waals surface area contributed by atoms with Crippen LogP contribution in [0.15, 0.2) is 152 Å². The summed E-state index contributed by atoms with van der Waals surface area (Å²) < 4.78 is 19.1. The molecule has 0 saturated carbocycles. The summed E-state index contributed by atoms with van der Waals surface area (Å²) in [6.45, 7) is 6.10. The molecule has 0 fully saturated rings. The minimum Gasteiger partial charge on any atom is -0.457 e. The molecule has 10 aromatic rings. The first kappa shape index (κ1) is 39.7. The minimum atomic E-state index is 0. The fourth-order valence-electron chi connectivity index (χ4n) is 8.18. The molecule has 2 aliphatic rings. The van der Waals surface area contributed by atoms with Gasteiger partial charge in [-0.25, -0.2) is 9.97 Å². The van der Waals surface area contributed by atoms with Crippen LogP contribution in [0.4, 0.5) is 0 Å². The first-order chi connectivity index (χ1) is 31.3. The predicted octanol–water partition coefficient (Wildman–Crippen LogP) is 12.4. The van der Waals surface area contributed by atoms with E-state index in [2.05, 4.69) is 0 Å². The van der Waals surface area contributed by atoms with Crippen LogP contribution in [0.1, 0.15) is 16.7 Å². The molecule has 5 heterocycles. The molecule has 0 radical (unpaired) electrons. The Bertz CT molecular complexity index is 3680. The number of fused-ring (bicyclic) bond motifs is 20. The van der Waals surface area contributed by atoms with E-state index in [1.54, 1.807) is 0 Å². The quantitative estimate of drug-likeness (QED) is 0.148. The summed E-state index contributed by atoms with van der Waals surface area (Å²) in [6, 6.07) is 49.1. The van der Waals surface area contributed by atoms with Crippen LogP contribution >= 0.6 is 0 Å². The molecular weight excluding hydrogens is 862 g/mol. The summed E-state index contributed by atoms with van der Waals surface area (Å²) in [6.07, 6.45) is 0. The zero-order chi connectivity index (χ0) is 42.9. The van der Waals surface area contributed by atoms with Crippen LogP contribution in [0.2, 0.25) is 0 Å². The maximum Gasteiger partial charge on any atom is 2.00 e. The first-order valence-electron chi connectivity index (χ1n) is 20.8. The van der Waals surface area contributed by atoms with Gasteiger partial charge in [0.25, 0.3) is 0 Å². The van der Waals surface area contributed by atoms with Crippen molar-refractivity contribution < 1.29 is 33.7 Å². The monoisotopic (exact) mass is 894 g/mol. The smallest absolute Gasteiger partial charge is 0.457 e. The van der Waals surface area contributed by atoms with E-state index in [1.807, 2.05) is 172 Å². The van der Waals surface area contributed by atoms with Crippen molar-refractivity contribution in [2.45, 2.75) is 20.8 Å². The topological polar surface area (TPSA) is 133 Å². The van der Waals surface area contributed by atoms with E-state index in [0.717, 1.165) is 77.7 Å². The summed E-state index contributed by atoms with van der Waals surface area (Å²) in [7, 11) is 0. The number of hydrogen-bond donors (Lipinski definition) is 0. The van der Waals surface area contributed by atoms with Crippen LogP contribution in [0, 0.1) is 20.8 Å². The molecule has 0 N–H and O–H groups in total. The van der Waals surface area contributed by atoms with Crippen molar-refractivity contribution in [1.29, 1.82) is 0 Å². The second-order valence-corrected chi connectivity index (χ2v) is 15.9. The van der Waals surface area contributed by atoms with Gasteiger partial charge in [0.05, 0.1) is 23.3 Å². The summed E-state index contributed by atoms with van der Waals surface area (Å²) in [5.41, 5.74) is 8.11. The van der Waals surface area contributed by atoms with E-state index in [-0.39, 0.29) is 19.5 Å². The zero-order valence-corrected chi connectivity index (χ0v) is 38.4. The largest absolute Gasteiger partial charge is 2.00 e. The Morgan fingerprint density at radius 1 is 0.308 bits per heavy atom. The van der Waals surface area contributed by atoms with Gasteiger partial charge in [-0.2, -0.15) is 0 Å². The molecule has 65 heavy (non-hydrogen) atoms. The number of nitrogens with zero attached hydrogens (tertiary/aromatic N) is 8. The fourth-order valence-corrected chi connectivity index (χ4v) is 8.18. The fraction of sp³-hybridized carbons (Fsp3) is 0.0566. The SMILES string of the molecule is Cc1cccc(Oc2ccc3c(c2)-c2nc-3nc3[n-]c(nc4nc(nc5[n-]c(n2)c2ccc(Oc6cccc(C)c6)cc52)-c2ccccc2-4)c2ccc(Oc4cccc(C)c4)cc32)c1.[Zn+2]. The molecule has 12 rings (SSSR count). The van der Waals surface area contributed by atoms with E-state index >= 15 is 0 Å². The van der Waals surface area contributed by atoms with Gasteiger partial charge < -0.3 is 44.1 Å². The van der Waals surface area contributed by atoms with Crippen molar-refractivity contribution in [2.24, 2.45) is 0 Å². The second-order valence-electron chi connectivity index (χ2n) is 15.9. The molecule has 8 bridgehead atoms. The summed E-state index contributed by atoms with van der Waals surface area (Å²) in [4.78, 5) is 40.9. The van der Waals surface area contributed by atoms with Crippen molar-refractivity contribution in [1.82, 2.24) is 39.9 Å². The average molecular weight is 896 g/mol. The second kappa shape index (κ2) is 15.9. The third-order valence-electron chi connectivity index (χ3n) is 11.2. The van der Waals surface area contributed by atoms with Crippen LogP contribution in [0.3, 0.4) is 0 Å². The van der Waals surface area contributed by atoms with E-state index < -0.39 is 0 Å². The summed E-state index contributed by atoms with van der Waals surface area (Å²) in [5.74, 6) is 5.80. The molecule has 0 aliphatic carbocycles. The number of hydrogen-bond acceptors (Lipinski definition) is 9. The summed E-state index contributed by atoms with van der Waals surface area (Å²) in [5, 5.41) is 3.00. The normalized spacial score (nSPS) is 11.5. The summed E-state index contributed by atoms with van der Waals surface area (Å²) >= 11 is 0. The van der Waals surface area contributed by atoms with Gasteiger partial charge in [0.1, 0.15) is 34.5 Å². The Labute approximate surface area is 385 Å². The minimum absolute atomic E-state index is 0. The van der Waals surface area contributed by atoms with Crippen LogP contribution in [0.5, 0.6) is 34.5 Å². The molecule has 11 nitrogen and oxygen atoms in total. The number of aromatic nitrogens is 8. The van der Waals surface area contributed by atoms with Gasteiger partial charge in [0.2, 0.25) is 0 Å². The maximum atomic E-state index is 6.39. The van der Waals surface area contributed by atoms with Crippen molar-refractivity contribution in [3.8, 4) is 80.0 Å². The van der Waals surface area contributed by atoms with E-state index in [0.29, 0.717) is 63.1 Å². The molecule has 306 valence electrons. The van der Waals surface area contributed by atoms with Crippen molar-refractivity contribution >= 4 is 44.1 Å². The standard InChI is InChI=1S/C53H34N8O3.Zn/c1-29-9-6-12-32(23-29)62-35-17-20-40-43(26-35)52-57-48(40)55-46-38-15-4-5-16-39(38)47(54-46)56-51-44-27-36(63-33-13-7-10-30(2)24-33)18-21-41(44)49(58-51)60-53-45-28-37(19-22-42(45)50(59-52)61-53)64-34-14-8-11-31(3)25-34;/h4-28H,1-3H3;/q-2;+2.